The van der Waals surface area contributed by atoms with E-state index >= 15 is 0 Å². The summed E-state index contributed by atoms with van der Waals surface area (Å²) in [7, 11) is 0. The zero-order chi connectivity index (χ0) is 18.4. The minimum atomic E-state index is -0.481. The van der Waals surface area contributed by atoms with E-state index in [0.717, 1.165) is 22.2 Å². The zero-order valence-corrected chi connectivity index (χ0v) is 14.8. The molecule has 130 valence electrons. The summed E-state index contributed by atoms with van der Waals surface area (Å²) in [4.78, 5) is 13.1. The molecule has 3 rings (SSSR count). The number of nitrogens with two attached hydrogens (primary N) is 1. The van der Waals surface area contributed by atoms with Gasteiger partial charge in [-0.3, -0.25) is 4.79 Å². The van der Waals surface area contributed by atoms with Crippen molar-refractivity contribution >= 4 is 16.9 Å². The lowest BCUT2D eigenvalue weighted by Crippen LogP contribution is -2.20. The molecule has 3 aromatic rings. The third kappa shape index (κ3) is 3.07. The van der Waals surface area contributed by atoms with Crippen molar-refractivity contribution in [2.45, 2.75) is 39.0 Å². The number of phenolic OH excluding ortho intramolecular Hbond substituents is 1. The summed E-state index contributed by atoms with van der Waals surface area (Å²) in [6, 6.07) is 11.0. The fourth-order valence-electron chi connectivity index (χ4n) is 2.75. The molecule has 1 aromatic heterocycles. The first-order chi connectivity index (χ1) is 11.7. The number of aromatic nitrogens is 3. The van der Waals surface area contributed by atoms with Crippen LogP contribution in [0.3, 0.4) is 0 Å². The number of amides is 1. The first kappa shape index (κ1) is 17.0. The van der Waals surface area contributed by atoms with Gasteiger partial charge in [0.2, 0.25) is 5.91 Å². The first-order valence-electron chi connectivity index (χ1n) is 8.17. The quantitative estimate of drug-likeness (QED) is 0.767. The van der Waals surface area contributed by atoms with E-state index in [-0.39, 0.29) is 11.2 Å². The number of rotatable bonds is 3. The Bertz CT molecular complexity index is 921. The van der Waals surface area contributed by atoms with Crippen LogP contribution in [0.15, 0.2) is 36.4 Å². The molecule has 6 nitrogen and oxygen atoms in total. The topological polar surface area (TPSA) is 94.0 Å². The van der Waals surface area contributed by atoms with Crippen molar-refractivity contribution in [2.24, 2.45) is 5.73 Å². The van der Waals surface area contributed by atoms with E-state index in [9.17, 15) is 9.90 Å². The molecule has 0 fully saturated rings. The average Bonchev–Trinajstić information content (AvgIpc) is 2.96. The molecule has 1 heterocycles. The second-order valence-electron chi connectivity index (χ2n) is 7.29. The van der Waals surface area contributed by atoms with Gasteiger partial charge in [-0.2, -0.15) is 0 Å². The van der Waals surface area contributed by atoms with Crippen LogP contribution in [0.25, 0.3) is 16.7 Å². The van der Waals surface area contributed by atoms with Crippen LogP contribution in [0.4, 0.5) is 0 Å². The Morgan fingerprint density at radius 3 is 2.20 bits per heavy atom. The number of hydrogen-bond donors (Lipinski definition) is 2. The van der Waals surface area contributed by atoms with Crippen molar-refractivity contribution < 1.29 is 9.90 Å². The van der Waals surface area contributed by atoms with Gasteiger partial charge in [-0.15, -0.1) is 15.0 Å². The number of fused-ring (bicyclic) bond motifs is 1. The third-order valence-corrected chi connectivity index (χ3v) is 4.35. The number of primary amides is 1. The molecule has 0 aliphatic rings. The van der Waals surface area contributed by atoms with Gasteiger partial charge in [-0.25, -0.2) is 0 Å². The predicted octanol–water partition coefficient (Wildman–Crippen LogP) is 3.01. The molecule has 2 aromatic carbocycles. The van der Waals surface area contributed by atoms with Crippen LogP contribution in [0.2, 0.25) is 0 Å². The monoisotopic (exact) mass is 338 g/mol. The highest BCUT2D eigenvalue weighted by Gasteiger charge is 2.25. The number of hydrogen-bond acceptors (Lipinski definition) is 4. The van der Waals surface area contributed by atoms with E-state index in [0.29, 0.717) is 5.69 Å². The van der Waals surface area contributed by atoms with Gasteiger partial charge in [0.05, 0.1) is 5.92 Å². The summed E-state index contributed by atoms with van der Waals surface area (Å²) in [5.74, 6) is -0.797. The van der Waals surface area contributed by atoms with Crippen LogP contribution >= 0.6 is 0 Å². The molecule has 1 unspecified atom stereocenters. The van der Waals surface area contributed by atoms with Crippen LogP contribution < -0.4 is 5.73 Å². The van der Waals surface area contributed by atoms with Gasteiger partial charge in [-0.1, -0.05) is 39.0 Å². The molecule has 0 aliphatic carbocycles. The average molecular weight is 338 g/mol. The number of nitrogens with zero attached hydrogens (tertiary/aromatic N) is 3. The highest BCUT2D eigenvalue weighted by Crippen LogP contribution is 2.37. The maximum Gasteiger partial charge on any atom is 0.224 e. The van der Waals surface area contributed by atoms with Gasteiger partial charge in [0, 0.05) is 5.56 Å². The summed E-state index contributed by atoms with van der Waals surface area (Å²) in [6.07, 6.45) is 0. The van der Waals surface area contributed by atoms with Crippen LogP contribution in [0, 0.1) is 0 Å². The standard InChI is InChI=1S/C19H22N4O2/c1-11(18(20)25)12-9-13(19(2,3)4)17(24)16(10-12)23-21-14-7-5-6-8-15(14)22-23/h5-11,24H,1-4H3,(H2,20,25). The maximum atomic E-state index is 11.7. The molecule has 0 aliphatic heterocycles. The van der Waals surface area contributed by atoms with Crippen molar-refractivity contribution in [3.63, 3.8) is 0 Å². The van der Waals surface area contributed by atoms with Crippen molar-refractivity contribution in [3.8, 4) is 11.4 Å². The van der Waals surface area contributed by atoms with Crippen molar-refractivity contribution in [2.75, 3.05) is 0 Å². The lowest BCUT2D eigenvalue weighted by molar-refractivity contribution is -0.119. The van der Waals surface area contributed by atoms with Crippen molar-refractivity contribution in [1.82, 2.24) is 15.0 Å². The normalized spacial score (nSPS) is 13.1. The third-order valence-electron chi connectivity index (χ3n) is 4.35. The Hall–Kier alpha value is -2.89. The SMILES string of the molecule is CC(C(N)=O)c1cc(-n2nc3ccccc3n2)c(O)c(C(C)(C)C)c1. The summed E-state index contributed by atoms with van der Waals surface area (Å²) in [5.41, 5.74) is 8.50. The number of carbonyl (C=O) groups is 1. The molecule has 0 saturated heterocycles. The molecule has 3 N–H and O–H groups in total. The Labute approximate surface area is 146 Å². The molecule has 1 amide bonds. The summed E-state index contributed by atoms with van der Waals surface area (Å²) in [6.45, 7) is 7.74. The minimum Gasteiger partial charge on any atom is -0.505 e. The van der Waals surface area contributed by atoms with Gasteiger partial charge in [0.1, 0.15) is 22.5 Å². The Morgan fingerprint density at radius 1 is 1.16 bits per heavy atom. The zero-order valence-electron chi connectivity index (χ0n) is 14.8. The fourth-order valence-corrected chi connectivity index (χ4v) is 2.75. The van der Waals surface area contributed by atoms with Gasteiger partial charge in [0.15, 0.2) is 0 Å². The molecule has 0 saturated carbocycles. The summed E-state index contributed by atoms with van der Waals surface area (Å²) < 4.78 is 0. The second-order valence-corrected chi connectivity index (χ2v) is 7.29. The van der Waals surface area contributed by atoms with Gasteiger partial charge >= 0.3 is 0 Å². The highest BCUT2D eigenvalue weighted by molar-refractivity contribution is 5.82. The van der Waals surface area contributed by atoms with E-state index in [1.807, 2.05) is 51.1 Å². The van der Waals surface area contributed by atoms with Crippen LogP contribution in [-0.4, -0.2) is 26.0 Å². The predicted molar refractivity (Wildman–Crippen MR) is 96.8 cm³/mol. The molecule has 25 heavy (non-hydrogen) atoms. The first-order valence-corrected chi connectivity index (χ1v) is 8.17. The van der Waals surface area contributed by atoms with Crippen LogP contribution in [0.5, 0.6) is 5.75 Å². The molecule has 0 spiro atoms. The molecule has 0 radical (unpaired) electrons. The lowest BCUT2D eigenvalue weighted by Gasteiger charge is -2.24. The molecular weight excluding hydrogens is 316 g/mol. The van der Waals surface area contributed by atoms with E-state index in [1.165, 1.54) is 4.80 Å². The van der Waals surface area contributed by atoms with Crippen molar-refractivity contribution in [1.29, 1.82) is 0 Å². The molecule has 1 atom stereocenters. The number of aromatic hydroxyl groups is 1. The van der Waals surface area contributed by atoms with Crippen LogP contribution in [-0.2, 0) is 10.2 Å². The number of benzene rings is 2. The van der Waals surface area contributed by atoms with Gasteiger partial charge in [-0.05, 0) is 36.1 Å². The van der Waals surface area contributed by atoms with E-state index in [1.54, 1.807) is 13.0 Å². The van der Waals surface area contributed by atoms with E-state index < -0.39 is 11.8 Å². The lowest BCUT2D eigenvalue weighted by atomic mass is 9.83. The highest BCUT2D eigenvalue weighted by atomic mass is 16.3. The van der Waals surface area contributed by atoms with Gasteiger partial charge < -0.3 is 10.8 Å². The maximum absolute atomic E-state index is 11.7. The molecule has 6 heteroatoms. The second kappa shape index (κ2) is 5.88. The van der Waals surface area contributed by atoms with Crippen molar-refractivity contribution in [3.05, 3.63) is 47.5 Å². The van der Waals surface area contributed by atoms with E-state index in [4.69, 9.17) is 5.73 Å². The summed E-state index contributed by atoms with van der Waals surface area (Å²) >= 11 is 0. The Balaban J connectivity index is 2.27. The van der Waals surface area contributed by atoms with Crippen LogP contribution in [0.1, 0.15) is 44.7 Å². The largest absolute Gasteiger partial charge is 0.505 e. The Morgan fingerprint density at radius 2 is 1.72 bits per heavy atom. The summed E-state index contributed by atoms with van der Waals surface area (Å²) in [5, 5.41) is 19.7. The fraction of sp³-hybridized carbons (Fsp3) is 0.316. The number of carbonyl (C=O) groups excluding carboxylic acids is 1. The minimum absolute atomic E-state index is 0.105. The van der Waals surface area contributed by atoms with Gasteiger partial charge in [0.25, 0.3) is 0 Å². The smallest absolute Gasteiger partial charge is 0.224 e. The molecular formula is C19H22N4O2. The van der Waals surface area contributed by atoms with E-state index in [2.05, 4.69) is 10.2 Å². The molecule has 0 bridgehead atoms. The number of phenols is 1. The Kier molecular flexibility index (Phi) is 3.99.